The van der Waals surface area contributed by atoms with E-state index >= 15 is 0 Å². The molecule has 1 unspecified atom stereocenters. The molecule has 1 fully saturated rings. The summed E-state index contributed by atoms with van der Waals surface area (Å²) in [5.74, 6) is -0.344. The summed E-state index contributed by atoms with van der Waals surface area (Å²) in [6.45, 7) is 4.53. The van der Waals surface area contributed by atoms with Crippen LogP contribution in [0.25, 0.3) is 0 Å². The van der Waals surface area contributed by atoms with E-state index in [0.29, 0.717) is 26.2 Å². The number of benzene rings is 2. The monoisotopic (exact) mass is 362 g/mol. The summed E-state index contributed by atoms with van der Waals surface area (Å²) < 4.78 is 38.5. The molecule has 6 heteroatoms. The van der Waals surface area contributed by atoms with Gasteiger partial charge in [0, 0.05) is 37.8 Å². The van der Waals surface area contributed by atoms with Crippen LogP contribution in [-0.2, 0) is 6.18 Å². The second-order valence-electron chi connectivity index (χ2n) is 6.49. The van der Waals surface area contributed by atoms with Crippen LogP contribution in [0.15, 0.2) is 54.6 Å². The molecule has 1 atom stereocenters. The lowest BCUT2D eigenvalue weighted by Gasteiger charge is -2.38. The number of amides is 1. The highest BCUT2D eigenvalue weighted by Gasteiger charge is 2.32. The van der Waals surface area contributed by atoms with Gasteiger partial charge in [0.05, 0.1) is 5.56 Å². The first kappa shape index (κ1) is 18.5. The summed E-state index contributed by atoms with van der Waals surface area (Å²) in [6, 6.07) is 15.0. The van der Waals surface area contributed by atoms with Crippen LogP contribution in [0.5, 0.6) is 0 Å². The zero-order valence-electron chi connectivity index (χ0n) is 14.5. The molecular formula is C20H21F3N2O. The molecule has 3 nitrogen and oxygen atoms in total. The minimum Gasteiger partial charge on any atom is -0.336 e. The van der Waals surface area contributed by atoms with Gasteiger partial charge in [-0.1, -0.05) is 36.4 Å². The molecule has 1 amide bonds. The molecule has 1 aliphatic heterocycles. The van der Waals surface area contributed by atoms with E-state index in [1.54, 1.807) is 4.90 Å². The van der Waals surface area contributed by atoms with Gasteiger partial charge < -0.3 is 4.90 Å². The van der Waals surface area contributed by atoms with E-state index in [0.717, 1.165) is 12.1 Å². The highest BCUT2D eigenvalue weighted by molar-refractivity contribution is 5.94. The van der Waals surface area contributed by atoms with E-state index in [1.165, 1.54) is 17.7 Å². The molecule has 0 saturated carbocycles. The largest absolute Gasteiger partial charge is 0.416 e. The molecule has 2 aromatic rings. The predicted octanol–water partition coefficient (Wildman–Crippen LogP) is 4.22. The molecule has 1 heterocycles. The highest BCUT2D eigenvalue weighted by atomic mass is 19.4. The van der Waals surface area contributed by atoms with Crippen molar-refractivity contribution in [1.82, 2.24) is 9.80 Å². The van der Waals surface area contributed by atoms with Crippen LogP contribution >= 0.6 is 0 Å². The van der Waals surface area contributed by atoms with E-state index < -0.39 is 11.7 Å². The first-order valence-electron chi connectivity index (χ1n) is 8.62. The van der Waals surface area contributed by atoms with Crippen molar-refractivity contribution >= 4 is 5.91 Å². The molecule has 0 aliphatic carbocycles. The molecule has 2 aromatic carbocycles. The Morgan fingerprint density at radius 1 is 0.962 bits per heavy atom. The van der Waals surface area contributed by atoms with Gasteiger partial charge in [-0.15, -0.1) is 0 Å². The van der Waals surface area contributed by atoms with Gasteiger partial charge in [-0.3, -0.25) is 9.69 Å². The van der Waals surface area contributed by atoms with E-state index in [9.17, 15) is 18.0 Å². The number of carbonyl (C=O) groups is 1. The van der Waals surface area contributed by atoms with Gasteiger partial charge in [0.2, 0.25) is 0 Å². The van der Waals surface area contributed by atoms with Gasteiger partial charge in [-0.2, -0.15) is 13.2 Å². The maximum Gasteiger partial charge on any atom is 0.416 e. The zero-order valence-corrected chi connectivity index (χ0v) is 14.5. The van der Waals surface area contributed by atoms with Crippen LogP contribution in [0.4, 0.5) is 13.2 Å². The second-order valence-corrected chi connectivity index (χ2v) is 6.49. The minimum atomic E-state index is -4.44. The molecule has 3 rings (SSSR count). The lowest BCUT2D eigenvalue weighted by Crippen LogP contribution is -2.49. The average molecular weight is 362 g/mol. The Kier molecular flexibility index (Phi) is 5.32. The third kappa shape index (κ3) is 4.07. The third-order valence-corrected chi connectivity index (χ3v) is 4.87. The molecule has 1 aliphatic rings. The number of hydrogen-bond acceptors (Lipinski definition) is 2. The van der Waals surface area contributed by atoms with Gasteiger partial charge in [0.25, 0.3) is 5.91 Å². The van der Waals surface area contributed by atoms with Gasteiger partial charge in [-0.25, -0.2) is 0 Å². The fraction of sp³-hybridized carbons (Fsp3) is 0.350. The summed E-state index contributed by atoms with van der Waals surface area (Å²) in [6.07, 6.45) is -4.44. The predicted molar refractivity (Wildman–Crippen MR) is 93.8 cm³/mol. The van der Waals surface area contributed by atoms with Crippen molar-refractivity contribution in [3.8, 4) is 0 Å². The summed E-state index contributed by atoms with van der Waals surface area (Å²) in [5.41, 5.74) is 0.509. The minimum absolute atomic E-state index is 0.0874. The van der Waals surface area contributed by atoms with Gasteiger partial charge in [-0.05, 0) is 30.7 Å². The van der Waals surface area contributed by atoms with Crippen LogP contribution in [-0.4, -0.2) is 41.9 Å². The first-order chi connectivity index (χ1) is 12.4. The molecule has 0 N–H and O–H groups in total. The first-order valence-corrected chi connectivity index (χ1v) is 8.62. The van der Waals surface area contributed by atoms with Crippen LogP contribution in [0.1, 0.15) is 34.5 Å². The third-order valence-electron chi connectivity index (χ3n) is 4.87. The molecular weight excluding hydrogens is 341 g/mol. The molecule has 0 spiro atoms. The number of halogens is 3. The van der Waals surface area contributed by atoms with Crippen molar-refractivity contribution in [2.45, 2.75) is 19.1 Å². The Morgan fingerprint density at radius 3 is 2.23 bits per heavy atom. The normalized spacial score (nSPS) is 17.2. The average Bonchev–Trinajstić information content (AvgIpc) is 2.67. The summed E-state index contributed by atoms with van der Waals surface area (Å²) in [7, 11) is 0. The SMILES string of the molecule is CC(c1ccccc1)N1CCN(C(=O)c2cccc(C(F)(F)F)c2)CC1. The number of rotatable bonds is 3. The van der Waals surface area contributed by atoms with E-state index in [-0.39, 0.29) is 17.5 Å². The maximum absolute atomic E-state index is 12.8. The van der Waals surface area contributed by atoms with Gasteiger partial charge in [0.1, 0.15) is 0 Å². The summed E-state index contributed by atoms with van der Waals surface area (Å²) in [5, 5.41) is 0. The molecule has 138 valence electrons. The summed E-state index contributed by atoms with van der Waals surface area (Å²) in [4.78, 5) is 16.5. The molecule has 1 saturated heterocycles. The van der Waals surface area contributed by atoms with Crippen LogP contribution in [0, 0.1) is 0 Å². The van der Waals surface area contributed by atoms with Crippen molar-refractivity contribution in [2.75, 3.05) is 26.2 Å². The van der Waals surface area contributed by atoms with E-state index in [4.69, 9.17) is 0 Å². The van der Waals surface area contributed by atoms with Crippen LogP contribution < -0.4 is 0 Å². The Balaban J connectivity index is 1.64. The Hall–Kier alpha value is -2.34. The number of carbonyl (C=O) groups excluding carboxylic acids is 1. The molecule has 26 heavy (non-hydrogen) atoms. The number of nitrogens with zero attached hydrogens (tertiary/aromatic N) is 2. The smallest absolute Gasteiger partial charge is 0.336 e. The Bertz CT molecular complexity index is 753. The molecule has 0 bridgehead atoms. The Morgan fingerprint density at radius 2 is 1.62 bits per heavy atom. The fourth-order valence-electron chi connectivity index (χ4n) is 3.27. The maximum atomic E-state index is 12.8. The van der Waals surface area contributed by atoms with Crippen molar-refractivity contribution < 1.29 is 18.0 Å². The highest BCUT2D eigenvalue weighted by Crippen LogP contribution is 2.30. The zero-order chi connectivity index (χ0) is 18.7. The van der Waals surface area contributed by atoms with Crippen molar-refractivity contribution in [3.63, 3.8) is 0 Å². The quantitative estimate of drug-likeness (QED) is 0.816. The lowest BCUT2D eigenvalue weighted by atomic mass is 10.1. The molecule has 0 radical (unpaired) electrons. The Labute approximate surface area is 151 Å². The molecule has 0 aromatic heterocycles. The number of hydrogen-bond donors (Lipinski definition) is 0. The second kappa shape index (κ2) is 7.50. The number of piperazine rings is 1. The van der Waals surface area contributed by atoms with Gasteiger partial charge >= 0.3 is 6.18 Å². The summed E-state index contributed by atoms with van der Waals surface area (Å²) >= 11 is 0. The van der Waals surface area contributed by atoms with E-state index in [2.05, 4.69) is 24.0 Å². The van der Waals surface area contributed by atoms with Crippen molar-refractivity contribution in [1.29, 1.82) is 0 Å². The van der Waals surface area contributed by atoms with E-state index in [1.807, 2.05) is 18.2 Å². The lowest BCUT2D eigenvalue weighted by molar-refractivity contribution is -0.137. The van der Waals surface area contributed by atoms with Crippen LogP contribution in [0.3, 0.4) is 0 Å². The fourth-order valence-corrected chi connectivity index (χ4v) is 3.27. The van der Waals surface area contributed by atoms with Crippen molar-refractivity contribution in [3.05, 3.63) is 71.3 Å². The van der Waals surface area contributed by atoms with Gasteiger partial charge in [0.15, 0.2) is 0 Å². The standard InChI is InChI=1S/C20H21F3N2O/c1-15(16-6-3-2-4-7-16)24-10-12-25(13-11-24)19(26)17-8-5-9-18(14-17)20(21,22)23/h2-9,14-15H,10-13H2,1H3. The van der Waals surface area contributed by atoms with Crippen molar-refractivity contribution in [2.24, 2.45) is 0 Å². The topological polar surface area (TPSA) is 23.6 Å². The van der Waals surface area contributed by atoms with Crippen LogP contribution in [0.2, 0.25) is 0 Å². The number of alkyl halides is 3.